The van der Waals surface area contributed by atoms with Crippen molar-refractivity contribution in [3.63, 3.8) is 0 Å². The van der Waals surface area contributed by atoms with Gasteiger partial charge in [0.25, 0.3) is 20.2 Å². The smallest absolute Gasteiger partial charge is 0.325 e. The molecule has 0 aliphatic heterocycles. The highest BCUT2D eigenvalue weighted by atomic mass is 32.2. The molecule has 0 unspecified atom stereocenters. The maximum Gasteiger partial charge on any atom is 0.325 e. The summed E-state index contributed by atoms with van der Waals surface area (Å²) in [5, 5.41) is 0. The number of hydrogen-bond donors (Lipinski definition) is 2. The molecule has 0 atom stereocenters. The minimum atomic E-state index is -4.09. The fourth-order valence-corrected chi connectivity index (χ4v) is 2.60. The molecule has 0 saturated carbocycles. The Morgan fingerprint density at radius 3 is 1.33 bits per heavy atom. The molecule has 2 N–H and O–H groups in total. The molecule has 0 radical (unpaired) electrons. The summed E-state index contributed by atoms with van der Waals surface area (Å²) >= 11 is 0. The predicted molar refractivity (Wildman–Crippen MR) is 93.3 cm³/mol. The summed E-state index contributed by atoms with van der Waals surface area (Å²) in [5.41, 5.74) is 0. The van der Waals surface area contributed by atoms with Gasteiger partial charge in [0.2, 0.25) is 0 Å². The Morgan fingerprint density at radius 1 is 0.704 bits per heavy atom. The molecule has 0 amide bonds. The van der Waals surface area contributed by atoms with E-state index in [1.165, 1.54) is 0 Å². The van der Waals surface area contributed by atoms with E-state index in [-0.39, 0.29) is 44.1 Å². The van der Waals surface area contributed by atoms with Crippen LogP contribution in [0.5, 0.6) is 18.0 Å². The van der Waals surface area contributed by atoms with E-state index >= 15 is 0 Å². The zero-order valence-electron chi connectivity index (χ0n) is 14.8. The van der Waals surface area contributed by atoms with E-state index in [9.17, 15) is 16.8 Å². The van der Waals surface area contributed by atoms with E-state index in [2.05, 4.69) is 15.0 Å². The van der Waals surface area contributed by atoms with Gasteiger partial charge in [-0.2, -0.15) is 16.8 Å². The van der Waals surface area contributed by atoms with Gasteiger partial charge in [-0.1, -0.05) is 13.3 Å². The Bertz CT molecular complexity index is 726. The van der Waals surface area contributed by atoms with Crippen LogP contribution in [0.3, 0.4) is 0 Å². The summed E-state index contributed by atoms with van der Waals surface area (Å²) in [6.45, 7) is 2.16. The van der Waals surface area contributed by atoms with Gasteiger partial charge in [-0.15, -0.1) is 15.0 Å². The van der Waals surface area contributed by atoms with Crippen molar-refractivity contribution in [2.24, 2.45) is 0 Å². The molecule has 0 aliphatic carbocycles. The predicted octanol–water partition coefficient (Wildman–Crippen LogP) is 0.364. The summed E-state index contributed by atoms with van der Waals surface area (Å²) in [6.07, 6.45) is 1.69. The molecule has 1 heterocycles. The molecule has 27 heavy (non-hydrogen) atoms. The molecule has 0 bridgehead atoms. The zero-order valence-corrected chi connectivity index (χ0v) is 16.4. The molecule has 14 heteroatoms. The third-order valence-electron chi connectivity index (χ3n) is 2.86. The summed E-state index contributed by atoms with van der Waals surface area (Å²) in [7, 11) is -8.18. The van der Waals surface area contributed by atoms with E-state index in [0.29, 0.717) is 6.61 Å². The third kappa shape index (κ3) is 12.3. The van der Waals surface area contributed by atoms with Crippen molar-refractivity contribution >= 4 is 20.2 Å². The van der Waals surface area contributed by atoms with Gasteiger partial charge in [0.1, 0.15) is 0 Å². The molecule has 12 nitrogen and oxygen atoms in total. The molecule has 0 saturated heterocycles. The lowest BCUT2D eigenvalue weighted by Gasteiger charge is -2.09. The Kier molecular flexibility index (Phi) is 9.62. The lowest BCUT2D eigenvalue weighted by atomic mass is 10.4. The summed E-state index contributed by atoms with van der Waals surface area (Å²) in [6, 6.07) is -0.402. The summed E-state index contributed by atoms with van der Waals surface area (Å²) < 4.78 is 75.8. The van der Waals surface area contributed by atoms with Crippen molar-refractivity contribution in [1.29, 1.82) is 0 Å². The van der Waals surface area contributed by atoms with Gasteiger partial charge in [0, 0.05) is 0 Å². The van der Waals surface area contributed by atoms with E-state index in [1.807, 2.05) is 6.92 Å². The summed E-state index contributed by atoms with van der Waals surface area (Å²) in [4.78, 5) is 11.7. The second-order valence-corrected chi connectivity index (χ2v) is 8.51. The van der Waals surface area contributed by atoms with Gasteiger partial charge in [-0.05, 0) is 19.3 Å². The zero-order chi connectivity index (χ0) is 20.3. The van der Waals surface area contributed by atoms with Crippen LogP contribution in [0.25, 0.3) is 0 Å². The van der Waals surface area contributed by atoms with Crippen LogP contribution >= 0.6 is 0 Å². The second kappa shape index (κ2) is 11.2. The molecular formula is C13H23N3O9S2. The first-order valence-corrected chi connectivity index (χ1v) is 11.4. The normalized spacial score (nSPS) is 12.0. The Morgan fingerprint density at radius 2 is 1.04 bits per heavy atom. The fourth-order valence-electron chi connectivity index (χ4n) is 1.63. The molecule has 1 aromatic heterocycles. The maximum atomic E-state index is 10.7. The second-order valence-electron chi connectivity index (χ2n) is 5.36. The van der Waals surface area contributed by atoms with Crippen LogP contribution in [0.1, 0.15) is 32.6 Å². The molecule has 0 aromatic carbocycles. The Labute approximate surface area is 157 Å². The standard InChI is InChI=1S/C13H23N3O9S2/c1-2-3-6-23-11-14-12(24-7-4-9-26(17,18)19)16-13(15-11)25-8-5-10-27(20,21)22/h2-10H2,1H3,(H,17,18,19)(H,20,21,22). The molecule has 0 fully saturated rings. The van der Waals surface area contributed by atoms with E-state index < -0.39 is 31.7 Å². The maximum absolute atomic E-state index is 10.7. The molecule has 0 aliphatic rings. The average Bonchev–Trinajstić information content (AvgIpc) is 2.54. The average molecular weight is 429 g/mol. The lowest BCUT2D eigenvalue weighted by Crippen LogP contribution is -2.13. The molecular weight excluding hydrogens is 406 g/mol. The number of unbranched alkanes of at least 4 members (excludes halogenated alkanes) is 1. The highest BCUT2D eigenvalue weighted by Gasteiger charge is 2.12. The van der Waals surface area contributed by atoms with Crippen LogP contribution in [0.15, 0.2) is 0 Å². The highest BCUT2D eigenvalue weighted by Crippen LogP contribution is 2.15. The van der Waals surface area contributed by atoms with Crippen LogP contribution in [-0.4, -0.2) is 72.2 Å². The molecule has 1 rings (SSSR count). The van der Waals surface area contributed by atoms with Crippen molar-refractivity contribution in [3.8, 4) is 18.0 Å². The number of hydrogen-bond acceptors (Lipinski definition) is 10. The lowest BCUT2D eigenvalue weighted by molar-refractivity contribution is 0.233. The van der Waals surface area contributed by atoms with Gasteiger partial charge in [0.15, 0.2) is 0 Å². The monoisotopic (exact) mass is 429 g/mol. The van der Waals surface area contributed by atoms with Crippen LogP contribution < -0.4 is 14.2 Å². The Hall–Kier alpha value is -1.77. The SMILES string of the molecule is CCCCOc1nc(OCCCS(=O)(=O)O)nc(OCCCS(=O)(=O)O)n1. The van der Waals surface area contributed by atoms with E-state index in [4.69, 9.17) is 23.3 Å². The van der Waals surface area contributed by atoms with Crippen molar-refractivity contribution in [3.05, 3.63) is 0 Å². The molecule has 1 aromatic rings. The topological polar surface area (TPSA) is 175 Å². The quantitative estimate of drug-likeness (QED) is 0.307. The number of rotatable bonds is 14. The van der Waals surface area contributed by atoms with Crippen molar-refractivity contribution in [2.45, 2.75) is 32.6 Å². The molecule has 156 valence electrons. The van der Waals surface area contributed by atoms with Gasteiger partial charge < -0.3 is 14.2 Å². The van der Waals surface area contributed by atoms with Gasteiger partial charge in [-0.3, -0.25) is 9.11 Å². The number of nitrogens with zero attached hydrogens (tertiary/aromatic N) is 3. The van der Waals surface area contributed by atoms with Crippen LogP contribution in [0.4, 0.5) is 0 Å². The van der Waals surface area contributed by atoms with E-state index in [0.717, 1.165) is 12.8 Å². The Balaban J connectivity index is 2.68. The minimum Gasteiger partial charge on any atom is -0.463 e. The largest absolute Gasteiger partial charge is 0.463 e. The van der Waals surface area contributed by atoms with Gasteiger partial charge >= 0.3 is 18.0 Å². The first kappa shape index (κ1) is 23.3. The van der Waals surface area contributed by atoms with Crippen LogP contribution in [-0.2, 0) is 20.2 Å². The first-order chi connectivity index (χ1) is 12.6. The third-order valence-corrected chi connectivity index (χ3v) is 4.47. The van der Waals surface area contributed by atoms with Crippen molar-refractivity contribution in [1.82, 2.24) is 15.0 Å². The number of ether oxygens (including phenoxy) is 3. The summed E-state index contributed by atoms with van der Waals surface area (Å²) in [5.74, 6) is -0.951. The van der Waals surface area contributed by atoms with E-state index in [1.54, 1.807) is 0 Å². The van der Waals surface area contributed by atoms with Gasteiger partial charge in [-0.25, -0.2) is 0 Å². The fraction of sp³-hybridized carbons (Fsp3) is 0.769. The molecule has 0 spiro atoms. The highest BCUT2D eigenvalue weighted by molar-refractivity contribution is 7.86. The van der Waals surface area contributed by atoms with Gasteiger partial charge in [0.05, 0.1) is 31.3 Å². The van der Waals surface area contributed by atoms with Crippen LogP contribution in [0.2, 0.25) is 0 Å². The minimum absolute atomic E-state index is 0.0150. The first-order valence-electron chi connectivity index (χ1n) is 8.14. The van der Waals surface area contributed by atoms with Crippen molar-refractivity contribution in [2.75, 3.05) is 31.3 Å². The number of aromatic nitrogens is 3. The van der Waals surface area contributed by atoms with Crippen molar-refractivity contribution < 1.29 is 40.2 Å². The van der Waals surface area contributed by atoms with Crippen LogP contribution in [0, 0.1) is 0 Å².